The quantitative estimate of drug-likeness (QED) is 0.122. The molecule has 48 heavy (non-hydrogen) atoms. The van der Waals surface area contributed by atoms with Gasteiger partial charge in [0.1, 0.15) is 23.8 Å². The maximum atomic E-state index is 13.8. The number of hydrogen-bond acceptors (Lipinski definition) is 10. The van der Waals surface area contributed by atoms with Crippen LogP contribution in [-0.4, -0.2) is 91.9 Å². The number of nitrogens with one attached hydrogen (secondary N) is 2. The van der Waals surface area contributed by atoms with Gasteiger partial charge >= 0.3 is 12.1 Å². The van der Waals surface area contributed by atoms with E-state index in [1.807, 2.05) is 6.08 Å². The third-order valence-electron chi connectivity index (χ3n) is 9.10. The van der Waals surface area contributed by atoms with Gasteiger partial charge in [-0.2, -0.15) is 0 Å². The van der Waals surface area contributed by atoms with Crippen molar-refractivity contribution in [3.63, 3.8) is 0 Å². The normalized spacial score (nSPS) is 25.4. The first-order chi connectivity index (χ1) is 22.6. The van der Waals surface area contributed by atoms with E-state index in [-0.39, 0.29) is 56.3 Å². The van der Waals surface area contributed by atoms with Crippen LogP contribution in [0.25, 0.3) is 0 Å². The van der Waals surface area contributed by atoms with Crippen molar-refractivity contribution in [2.75, 3.05) is 19.8 Å². The Labute approximate surface area is 283 Å². The predicted molar refractivity (Wildman–Crippen MR) is 174 cm³/mol. The summed E-state index contributed by atoms with van der Waals surface area (Å²) in [7, 11) is -3.56. The largest absolute Gasteiger partial charge is 0.460 e. The molecule has 0 bridgehead atoms. The molecule has 14 nitrogen and oxygen atoms in total. The fourth-order valence-electron chi connectivity index (χ4n) is 6.34. The molecule has 1 heterocycles. The second-order valence-electron chi connectivity index (χ2n) is 14.5. The number of esters is 1. The smallest absolute Gasteiger partial charge is 0.408 e. The summed E-state index contributed by atoms with van der Waals surface area (Å²) in [5.74, 6) is -2.19. The molecule has 0 spiro atoms. The van der Waals surface area contributed by atoms with Crippen molar-refractivity contribution in [3.8, 4) is 0 Å². The van der Waals surface area contributed by atoms with Gasteiger partial charge in [-0.3, -0.25) is 23.9 Å². The summed E-state index contributed by atoms with van der Waals surface area (Å²) in [6, 6.07) is -2.04. The molecule has 0 radical (unpaired) electrons. The highest BCUT2D eigenvalue weighted by atomic mass is 32.2. The zero-order valence-corrected chi connectivity index (χ0v) is 29.1. The number of ether oxygens (including phenoxy) is 3. The molecule has 5 atom stereocenters. The SMILES string of the molecule is CC(C)(C)OC(=O)N[C@@H](CCCOC/C=C\[C@@H]1C[C@@H]1C(=O)NS(=O)(=O)C1CC1)C(=O)N1C[C@H](OC(=O)CC2CCCCC2)C[C@H]1C(N)=O. The summed E-state index contributed by atoms with van der Waals surface area (Å²) < 4.78 is 42.9. The second-order valence-corrected chi connectivity index (χ2v) is 16.5. The van der Waals surface area contributed by atoms with Gasteiger partial charge in [0, 0.05) is 25.4 Å². The van der Waals surface area contributed by atoms with Gasteiger partial charge in [0.15, 0.2) is 0 Å². The van der Waals surface area contributed by atoms with E-state index in [9.17, 15) is 32.4 Å². The summed E-state index contributed by atoms with van der Waals surface area (Å²) in [4.78, 5) is 65.0. The van der Waals surface area contributed by atoms with Crippen LogP contribution in [0.3, 0.4) is 0 Å². The Morgan fingerprint density at radius 1 is 1.02 bits per heavy atom. The third-order valence-corrected chi connectivity index (χ3v) is 10.9. The van der Waals surface area contributed by atoms with E-state index >= 15 is 0 Å². The first-order valence-electron chi connectivity index (χ1n) is 17.2. The number of alkyl carbamates (subject to hydrolysis) is 1. The lowest BCUT2D eigenvalue weighted by molar-refractivity contribution is -0.150. The molecular weight excluding hydrogens is 644 g/mol. The lowest BCUT2D eigenvalue weighted by atomic mass is 9.87. The molecule has 4 N–H and O–H groups in total. The van der Waals surface area contributed by atoms with E-state index in [1.165, 1.54) is 11.3 Å². The minimum Gasteiger partial charge on any atom is -0.460 e. The maximum Gasteiger partial charge on any atom is 0.408 e. The van der Waals surface area contributed by atoms with Gasteiger partial charge in [-0.05, 0) is 77.6 Å². The number of allylic oxidation sites excluding steroid dienone is 1. The van der Waals surface area contributed by atoms with Crippen molar-refractivity contribution in [1.82, 2.24) is 14.9 Å². The highest BCUT2D eigenvalue weighted by Gasteiger charge is 2.45. The average molecular weight is 697 g/mol. The molecular formula is C33H52N4O10S. The number of carbonyl (C=O) groups excluding carboxylic acids is 5. The van der Waals surface area contributed by atoms with E-state index in [0.717, 1.165) is 25.7 Å². The Hall–Kier alpha value is -3.20. The number of rotatable bonds is 16. The summed E-state index contributed by atoms with van der Waals surface area (Å²) in [5, 5.41) is 2.17. The lowest BCUT2D eigenvalue weighted by Crippen LogP contribution is -2.53. The summed E-state index contributed by atoms with van der Waals surface area (Å²) in [6.45, 7) is 5.59. The molecule has 4 fully saturated rings. The lowest BCUT2D eigenvalue weighted by Gasteiger charge is -2.28. The van der Waals surface area contributed by atoms with E-state index in [2.05, 4.69) is 10.0 Å². The highest BCUT2D eigenvalue weighted by molar-refractivity contribution is 7.90. The molecule has 3 saturated carbocycles. The zero-order chi connectivity index (χ0) is 35.1. The Balaban J connectivity index is 1.25. The molecule has 0 aromatic heterocycles. The molecule has 270 valence electrons. The first-order valence-corrected chi connectivity index (χ1v) is 18.8. The van der Waals surface area contributed by atoms with Crippen LogP contribution in [-0.2, 0) is 43.4 Å². The molecule has 0 unspecified atom stereocenters. The van der Waals surface area contributed by atoms with Crippen LogP contribution in [0.2, 0.25) is 0 Å². The molecule has 4 aliphatic rings. The van der Waals surface area contributed by atoms with Crippen LogP contribution in [0.4, 0.5) is 4.79 Å². The van der Waals surface area contributed by atoms with Crippen LogP contribution < -0.4 is 15.8 Å². The molecule has 4 rings (SSSR count). The van der Waals surface area contributed by atoms with Crippen molar-refractivity contribution < 1.29 is 46.6 Å². The van der Waals surface area contributed by atoms with Crippen LogP contribution in [0.1, 0.15) is 97.8 Å². The van der Waals surface area contributed by atoms with Gasteiger partial charge in [-0.15, -0.1) is 0 Å². The van der Waals surface area contributed by atoms with Gasteiger partial charge in [-0.25, -0.2) is 13.2 Å². The van der Waals surface area contributed by atoms with Crippen LogP contribution in [0.15, 0.2) is 12.2 Å². The highest BCUT2D eigenvalue weighted by Crippen LogP contribution is 2.40. The molecule has 1 saturated heterocycles. The molecule has 3 aliphatic carbocycles. The van der Waals surface area contributed by atoms with E-state index < -0.39 is 62.9 Å². The number of amides is 4. The molecule has 15 heteroatoms. The molecule has 1 aliphatic heterocycles. The van der Waals surface area contributed by atoms with Crippen LogP contribution in [0.5, 0.6) is 0 Å². The fourth-order valence-corrected chi connectivity index (χ4v) is 7.70. The van der Waals surface area contributed by atoms with Crippen LogP contribution >= 0.6 is 0 Å². The monoisotopic (exact) mass is 696 g/mol. The number of primary amides is 1. The van der Waals surface area contributed by atoms with Crippen molar-refractivity contribution >= 4 is 39.8 Å². The number of nitrogens with two attached hydrogens (primary N) is 1. The maximum absolute atomic E-state index is 13.8. The van der Waals surface area contributed by atoms with E-state index in [1.54, 1.807) is 26.8 Å². The van der Waals surface area contributed by atoms with Crippen LogP contribution in [0, 0.1) is 17.8 Å². The fraction of sp³-hybridized carbons (Fsp3) is 0.788. The number of carbonyl (C=O) groups is 5. The van der Waals surface area contributed by atoms with Crippen molar-refractivity contribution in [1.29, 1.82) is 0 Å². The Morgan fingerprint density at radius 2 is 1.73 bits per heavy atom. The Kier molecular flexibility index (Phi) is 12.9. The molecule has 4 amide bonds. The minimum atomic E-state index is -3.56. The summed E-state index contributed by atoms with van der Waals surface area (Å²) in [5.41, 5.74) is 4.85. The Bertz CT molecular complexity index is 1320. The van der Waals surface area contributed by atoms with Gasteiger partial charge in [0.2, 0.25) is 27.7 Å². The zero-order valence-electron chi connectivity index (χ0n) is 28.3. The van der Waals surface area contributed by atoms with E-state index in [4.69, 9.17) is 19.9 Å². The Morgan fingerprint density at radius 3 is 2.38 bits per heavy atom. The third kappa shape index (κ3) is 11.7. The summed E-state index contributed by atoms with van der Waals surface area (Å²) in [6.07, 6.45) is 10.2. The topological polar surface area (TPSA) is 200 Å². The van der Waals surface area contributed by atoms with Gasteiger partial charge < -0.3 is 30.2 Å². The second kappa shape index (κ2) is 16.5. The first kappa shape index (κ1) is 37.6. The molecule has 0 aromatic carbocycles. The van der Waals surface area contributed by atoms with Gasteiger partial charge in [0.25, 0.3) is 0 Å². The minimum absolute atomic E-state index is 0.0106. The van der Waals surface area contributed by atoms with Crippen molar-refractivity contribution in [2.24, 2.45) is 23.5 Å². The standard InChI is InChI=1S/C33H52N4O10S/c1-33(2,3)47-32(42)35-26(12-8-16-45-15-7-11-22-18-25(22)30(40)36-48(43,44)24-13-14-24)31(41)37-20-23(19-27(37)29(34)39)46-28(38)17-21-9-5-4-6-10-21/h7,11,21-27H,4-6,8-10,12-20H2,1-3H3,(H2,34,39)(H,35,42)(H,36,40)/b11-7-/t22-,23-,25+,26+,27+/m1/s1. The van der Waals surface area contributed by atoms with Gasteiger partial charge in [-0.1, -0.05) is 31.4 Å². The molecule has 0 aromatic rings. The average Bonchev–Trinajstić information content (AvgIpc) is 3.92. The van der Waals surface area contributed by atoms with Crippen molar-refractivity contribution in [2.45, 2.75) is 127 Å². The van der Waals surface area contributed by atoms with E-state index in [0.29, 0.717) is 32.1 Å². The van der Waals surface area contributed by atoms with Gasteiger partial charge in [0.05, 0.1) is 18.4 Å². The number of sulfonamides is 1. The summed E-state index contributed by atoms with van der Waals surface area (Å²) >= 11 is 0. The number of nitrogens with zero attached hydrogens (tertiary/aromatic N) is 1. The predicted octanol–water partition coefficient (Wildman–Crippen LogP) is 2.45. The number of hydrogen-bond donors (Lipinski definition) is 3. The van der Waals surface area contributed by atoms with Crippen molar-refractivity contribution in [3.05, 3.63) is 12.2 Å². The number of likely N-dealkylation sites (tertiary alicyclic amines) is 1.